The van der Waals surface area contributed by atoms with Gasteiger partial charge in [-0.3, -0.25) is 4.79 Å². The Balaban J connectivity index is 1.88. The second-order valence-electron chi connectivity index (χ2n) is 4.76. The summed E-state index contributed by atoms with van der Waals surface area (Å²) in [5.74, 6) is -1.75. The lowest BCUT2D eigenvalue weighted by Crippen LogP contribution is -2.12. The van der Waals surface area contributed by atoms with Crippen LogP contribution in [-0.2, 0) is 4.74 Å². The maximum atomic E-state index is 12.2. The molecule has 1 aliphatic rings. The van der Waals surface area contributed by atoms with Gasteiger partial charge in [-0.05, 0) is 42.8 Å². The van der Waals surface area contributed by atoms with Crippen molar-refractivity contribution in [1.82, 2.24) is 0 Å². The first-order valence-electron chi connectivity index (χ1n) is 6.33. The van der Waals surface area contributed by atoms with E-state index in [2.05, 4.69) is 10.1 Å². The summed E-state index contributed by atoms with van der Waals surface area (Å²) in [7, 11) is 0. The average molecular weight is 281 g/mol. The Kier molecular flexibility index (Phi) is 3.02. The predicted octanol–water partition coefficient (Wildman–Crippen LogP) is 2.56. The highest BCUT2D eigenvalue weighted by atomic mass is 16.6. The highest BCUT2D eigenvalue weighted by molar-refractivity contribution is 6.16. The van der Waals surface area contributed by atoms with Crippen LogP contribution < -0.4 is 5.32 Å². The second-order valence-corrected chi connectivity index (χ2v) is 4.76. The fourth-order valence-corrected chi connectivity index (χ4v) is 2.15. The van der Waals surface area contributed by atoms with E-state index in [1.807, 2.05) is 25.1 Å². The van der Waals surface area contributed by atoms with Gasteiger partial charge in [0.05, 0.1) is 11.1 Å². The van der Waals surface area contributed by atoms with E-state index in [0.29, 0.717) is 11.3 Å². The van der Waals surface area contributed by atoms with Gasteiger partial charge in [-0.2, -0.15) is 0 Å². The number of anilines is 1. The molecule has 0 spiro atoms. The van der Waals surface area contributed by atoms with E-state index in [0.717, 1.165) is 5.56 Å². The lowest BCUT2D eigenvalue weighted by Gasteiger charge is -2.06. The van der Waals surface area contributed by atoms with Gasteiger partial charge in [0.25, 0.3) is 5.91 Å². The second kappa shape index (κ2) is 4.86. The van der Waals surface area contributed by atoms with Crippen LogP contribution in [0.3, 0.4) is 0 Å². The number of cyclic esters (lactones) is 2. The zero-order valence-electron chi connectivity index (χ0n) is 11.2. The SMILES string of the molecule is Cc1cccc(NC(=O)c2ccc3c(c2)C(=O)OC3=O)c1. The molecule has 3 rings (SSSR count). The molecule has 2 aromatic carbocycles. The van der Waals surface area contributed by atoms with Crippen LogP contribution >= 0.6 is 0 Å². The van der Waals surface area contributed by atoms with Crippen LogP contribution in [0.2, 0.25) is 0 Å². The van der Waals surface area contributed by atoms with Crippen molar-refractivity contribution in [3.63, 3.8) is 0 Å². The van der Waals surface area contributed by atoms with E-state index < -0.39 is 11.9 Å². The first-order valence-corrected chi connectivity index (χ1v) is 6.33. The Morgan fingerprint density at radius 2 is 1.76 bits per heavy atom. The maximum absolute atomic E-state index is 12.2. The Morgan fingerprint density at radius 1 is 1.00 bits per heavy atom. The Morgan fingerprint density at radius 3 is 2.52 bits per heavy atom. The number of rotatable bonds is 2. The monoisotopic (exact) mass is 281 g/mol. The van der Waals surface area contributed by atoms with Crippen LogP contribution in [-0.4, -0.2) is 17.8 Å². The van der Waals surface area contributed by atoms with Crippen molar-refractivity contribution in [2.75, 3.05) is 5.32 Å². The number of carbonyl (C=O) groups is 3. The van der Waals surface area contributed by atoms with E-state index in [1.165, 1.54) is 18.2 Å². The molecule has 21 heavy (non-hydrogen) atoms. The molecule has 2 aromatic rings. The number of fused-ring (bicyclic) bond motifs is 1. The van der Waals surface area contributed by atoms with Crippen molar-refractivity contribution in [3.05, 3.63) is 64.7 Å². The molecule has 0 unspecified atom stereocenters. The fraction of sp³-hybridized carbons (Fsp3) is 0.0625. The molecular weight excluding hydrogens is 270 g/mol. The molecule has 0 saturated heterocycles. The molecule has 5 nitrogen and oxygen atoms in total. The minimum Gasteiger partial charge on any atom is -0.386 e. The number of ether oxygens (including phenoxy) is 1. The van der Waals surface area contributed by atoms with Crippen molar-refractivity contribution in [3.8, 4) is 0 Å². The fourth-order valence-electron chi connectivity index (χ4n) is 2.15. The lowest BCUT2D eigenvalue weighted by atomic mass is 10.1. The van der Waals surface area contributed by atoms with E-state index in [-0.39, 0.29) is 17.0 Å². The molecule has 0 fully saturated rings. The lowest BCUT2D eigenvalue weighted by molar-refractivity contribution is 0.0443. The van der Waals surface area contributed by atoms with Crippen molar-refractivity contribution in [2.45, 2.75) is 6.92 Å². The topological polar surface area (TPSA) is 72.5 Å². The molecule has 0 aromatic heterocycles. The summed E-state index contributed by atoms with van der Waals surface area (Å²) in [4.78, 5) is 35.0. The molecule has 0 radical (unpaired) electrons. The van der Waals surface area contributed by atoms with E-state index in [1.54, 1.807) is 6.07 Å². The van der Waals surface area contributed by atoms with Crippen molar-refractivity contribution < 1.29 is 19.1 Å². The van der Waals surface area contributed by atoms with Gasteiger partial charge >= 0.3 is 11.9 Å². The highest BCUT2D eigenvalue weighted by Gasteiger charge is 2.30. The summed E-state index contributed by atoms with van der Waals surface area (Å²) in [6.07, 6.45) is 0. The standard InChI is InChI=1S/C16H11NO4/c1-9-3-2-4-11(7-9)17-14(18)10-5-6-12-13(8-10)16(20)21-15(12)19/h2-8H,1H3,(H,17,18). The van der Waals surface area contributed by atoms with Gasteiger partial charge in [0.2, 0.25) is 0 Å². The highest BCUT2D eigenvalue weighted by Crippen LogP contribution is 2.22. The molecule has 1 heterocycles. The van der Waals surface area contributed by atoms with Gasteiger partial charge in [-0.1, -0.05) is 12.1 Å². The Bertz CT molecular complexity index is 780. The maximum Gasteiger partial charge on any atom is 0.346 e. The van der Waals surface area contributed by atoms with Gasteiger partial charge in [0.15, 0.2) is 0 Å². The number of hydrogen-bond acceptors (Lipinski definition) is 4. The molecule has 0 atom stereocenters. The molecule has 0 saturated carbocycles. The third kappa shape index (κ3) is 2.41. The molecule has 1 aliphatic heterocycles. The molecule has 0 bridgehead atoms. The zero-order chi connectivity index (χ0) is 15.0. The van der Waals surface area contributed by atoms with Crippen LogP contribution in [0, 0.1) is 6.92 Å². The quantitative estimate of drug-likeness (QED) is 0.678. The Hall–Kier alpha value is -2.95. The van der Waals surface area contributed by atoms with Gasteiger partial charge in [-0.25, -0.2) is 9.59 Å². The minimum absolute atomic E-state index is 0.122. The van der Waals surface area contributed by atoms with Crippen LogP contribution in [0.1, 0.15) is 36.6 Å². The number of aryl methyl sites for hydroxylation is 1. The van der Waals surface area contributed by atoms with Crippen LogP contribution in [0.25, 0.3) is 0 Å². The van der Waals surface area contributed by atoms with Crippen LogP contribution in [0.4, 0.5) is 5.69 Å². The summed E-state index contributed by atoms with van der Waals surface area (Å²) in [5, 5.41) is 2.74. The summed E-state index contributed by atoms with van der Waals surface area (Å²) >= 11 is 0. The summed E-state index contributed by atoms with van der Waals surface area (Å²) in [6, 6.07) is 11.7. The first kappa shape index (κ1) is 13.1. The zero-order valence-corrected chi connectivity index (χ0v) is 11.2. The molecule has 5 heteroatoms. The number of carbonyl (C=O) groups excluding carboxylic acids is 3. The first-order chi connectivity index (χ1) is 10.0. The van der Waals surface area contributed by atoms with E-state index in [9.17, 15) is 14.4 Å². The third-order valence-corrected chi connectivity index (χ3v) is 3.18. The van der Waals surface area contributed by atoms with Crippen LogP contribution in [0.5, 0.6) is 0 Å². The number of amides is 1. The number of nitrogens with one attached hydrogen (secondary N) is 1. The van der Waals surface area contributed by atoms with Gasteiger partial charge in [0, 0.05) is 11.3 Å². The number of esters is 2. The van der Waals surface area contributed by atoms with Gasteiger partial charge in [-0.15, -0.1) is 0 Å². The minimum atomic E-state index is -0.722. The largest absolute Gasteiger partial charge is 0.386 e. The molecular formula is C16H11NO4. The number of benzene rings is 2. The number of hydrogen-bond donors (Lipinski definition) is 1. The van der Waals surface area contributed by atoms with E-state index in [4.69, 9.17) is 0 Å². The smallest absolute Gasteiger partial charge is 0.346 e. The molecule has 1 amide bonds. The summed E-state index contributed by atoms with van der Waals surface area (Å²) < 4.78 is 4.49. The molecule has 104 valence electrons. The van der Waals surface area contributed by atoms with Crippen molar-refractivity contribution in [2.24, 2.45) is 0 Å². The molecule has 0 aliphatic carbocycles. The summed E-state index contributed by atoms with van der Waals surface area (Å²) in [5.41, 5.74) is 2.29. The Labute approximate surface area is 120 Å². The van der Waals surface area contributed by atoms with Crippen molar-refractivity contribution >= 4 is 23.5 Å². The van der Waals surface area contributed by atoms with Gasteiger partial charge in [0.1, 0.15) is 0 Å². The average Bonchev–Trinajstić information content (AvgIpc) is 2.73. The summed E-state index contributed by atoms with van der Waals surface area (Å²) in [6.45, 7) is 1.92. The third-order valence-electron chi connectivity index (χ3n) is 3.18. The van der Waals surface area contributed by atoms with Gasteiger partial charge < -0.3 is 10.1 Å². The normalized spacial score (nSPS) is 12.8. The predicted molar refractivity (Wildman–Crippen MR) is 75.3 cm³/mol. The van der Waals surface area contributed by atoms with Crippen molar-refractivity contribution in [1.29, 1.82) is 0 Å². The van der Waals surface area contributed by atoms with E-state index >= 15 is 0 Å². The molecule has 1 N–H and O–H groups in total. The van der Waals surface area contributed by atoms with Crippen LogP contribution in [0.15, 0.2) is 42.5 Å².